The van der Waals surface area contributed by atoms with Crippen LogP contribution in [0, 0.1) is 11.6 Å². The summed E-state index contributed by atoms with van der Waals surface area (Å²) in [7, 11) is 1.48. The molecule has 1 rings (SSSR count). The summed E-state index contributed by atoms with van der Waals surface area (Å²) in [4.78, 5) is 0. The number of halogens is 2. The van der Waals surface area contributed by atoms with Crippen LogP contribution in [0.5, 0.6) is 0 Å². The quantitative estimate of drug-likeness (QED) is 0.860. The van der Waals surface area contributed by atoms with Gasteiger partial charge in [0.25, 0.3) is 0 Å². The second kappa shape index (κ2) is 4.89. The predicted octanol–water partition coefficient (Wildman–Crippen LogP) is 2.29. The van der Waals surface area contributed by atoms with Gasteiger partial charge in [-0.3, -0.25) is 0 Å². The summed E-state index contributed by atoms with van der Waals surface area (Å²) in [5.41, 5.74) is -0.335. The Bertz CT molecular complexity index is 344. The van der Waals surface area contributed by atoms with Crippen molar-refractivity contribution in [3.8, 4) is 0 Å². The Hall–Kier alpha value is -1.00. The lowest BCUT2D eigenvalue weighted by Crippen LogP contribution is -2.39. The van der Waals surface area contributed by atoms with Gasteiger partial charge in [-0.15, -0.1) is 0 Å². The molecule has 0 amide bonds. The molecule has 0 fully saturated rings. The standard InChI is InChI=1S/C12H16F2O2/c1-12(2,16-3)11(15)6-8-4-9(13)7-10(14)5-8/h4-5,7,11,15H,6H2,1-3H3. The summed E-state index contributed by atoms with van der Waals surface area (Å²) in [5, 5.41) is 9.84. The highest BCUT2D eigenvalue weighted by Crippen LogP contribution is 2.19. The smallest absolute Gasteiger partial charge is 0.126 e. The minimum absolute atomic E-state index is 0.148. The molecule has 0 bridgehead atoms. The second-order valence-corrected chi connectivity index (χ2v) is 4.31. The first kappa shape index (κ1) is 13.1. The van der Waals surface area contributed by atoms with Crippen molar-refractivity contribution < 1.29 is 18.6 Å². The van der Waals surface area contributed by atoms with E-state index >= 15 is 0 Å². The van der Waals surface area contributed by atoms with Gasteiger partial charge in [-0.2, -0.15) is 0 Å². The first-order valence-corrected chi connectivity index (χ1v) is 5.03. The molecule has 0 radical (unpaired) electrons. The maximum atomic E-state index is 12.9. The van der Waals surface area contributed by atoms with Crippen molar-refractivity contribution in [2.75, 3.05) is 7.11 Å². The molecule has 1 aromatic carbocycles. The molecule has 0 aliphatic carbocycles. The number of benzene rings is 1. The largest absolute Gasteiger partial charge is 0.390 e. The topological polar surface area (TPSA) is 29.5 Å². The Balaban J connectivity index is 2.80. The Kier molecular flexibility index (Phi) is 3.99. The molecule has 16 heavy (non-hydrogen) atoms. The van der Waals surface area contributed by atoms with E-state index in [9.17, 15) is 13.9 Å². The molecule has 1 aromatic rings. The fourth-order valence-electron chi connectivity index (χ4n) is 1.33. The summed E-state index contributed by atoms with van der Waals surface area (Å²) >= 11 is 0. The fraction of sp³-hybridized carbons (Fsp3) is 0.500. The first-order chi connectivity index (χ1) is 7.35. The molecule has 0 spiro atoms. The maximum absolute atomic E-state index is 12.9. The molecular weight excluding hydrogens is 214 g/mol. The third-order valence-corrected chi connectivity index (χ3v) is 2.68. The Morgan fingerprint density at radius 1 is 1.25 bits per heavy atom. The van der Waals surface area contributed by atoms with E-state index in [0.29, 0.717) is 5.56 Å². The van der Waals surface area contributed by atoms with Gasteiger partial charge in [0, 0.05) is 19.6 Å². The van der Waals surface area contributed by atoms with Crippen molar-refractivity contribution >= 4 is 0 Å². The molecule has 2 nitrogen and oxygen atoms in total. The lowest BCUT2D eigenvalue weighted by atomic mass is 9.95. The summed E-state index contributed by atoms with van der Waals surface area (Å²) in [6.45, 7) is 3.43. The molecule has 1 unspecified atom stereocenters. The van der Waals surface area contributed by atoms with Crippen molar-refractivity contribution in [2.45, 2.75) is 32.0 Å². The number of aliphatic hydroxyl groups excluding tert-OH is 1. The zero-order valence-corrected chi connectivity index (χ0v) is 9.63. The first-order valence-electron chi connectivity index (χ1n) is 5.03. The van der Waals surface area contributed by atoms with E-state index in [4.69, 9.17) is 4.74 Å². The second-order valence-electron chi connectivity index (χ2n) is 4.31. The summed E-state index contributed by atoms with van der Waals surface area (Å²) in [6, 6.07) is 3.22. The predicted molar refractivity (Wildman–Crippen MR) is 57.2 cm³/mol. The van der Waals surface area contributed by atoms with E-state index in [1.807, 2.05) is 0 Å². The Morgan fingerprint density at radius 3 is 2.19 bits per heavy atom. The zero-order chi connectivity index (χ0) is 12.3. The van der Waals surface area contributed by atoms with Crippen LogP contribution in [0.1, 0.15) is 19.4 Å². The van der Waals surface area contributed by atoms with Gasteiger partial charge in [0.15, 0.2) is 0 Å². The third-order valence-electron chi connectivity index (χ3n) is 2.68. The van der Waals surface area contributed by atoms with Gasteiger partial charge in [-0.1, -0.05) is 0 Å². The normalized spacial score (nSPS) is 13.9. The number of aliphatic hydroxyl groups is 1. The number of hydrogen-bond donors (Lipinski definition) is 1. The number of ether oxygens (including phenoxy) is 1. The summed E-state index contributed by atoms with van der Waals surface area (Å²) in [6.07, 6.45) is -0.672. The van der Waals surface area contributed by atoms with E-state index in [1.54, 1.807) is 13.8 Å². The van der Waals surface area contributed by atoms with Gasteiger partial charge in [0.05, 0.1) is 11.7 Å². The van der Waals surface area contributed by atoms with Crippen LogP contribution in [0.15, 0.2) is 18.2 Å². The van der Waals surface area contributed by atoms with E-state index in [2.05, 4.69) is 0 Å². The minimum Gasteiger partial charge on any atom is -0.390 e. The maximum Gasteiger partial charge on any atom is 0.126 e. The van der Waals surface area contributed by atoms with E-state index < -0.39 is 23.3 Å². The van der Waals surface area contributed by atoms with Gasteiger partial charge in [0.1, 0.15) is 11.6 Å². The SMILES string of the molecule is COC(C)(C)C(O)Cc1cc(F)cc(F)c1. The molecule has 4 heteroatoms. The molecule has 0 aliphatic rings. The number of methoxy groups -OCH3 is 1. The van der Waals surface area contributed by atoms with Crippen LogP contribution in [0.3, 0.4) is 0 Å². The van der Waals surface area contributed by atoms with Crippen LogP contribution in [0.4, 0.5) is 8.78 Å². The summed E-state index contributed by atoms with van der Waals surface area (Å²) in [5.74, 6) is -1.28. The highest BCUT2D eigenvalue weighted by molar-refractivity contribution is 5.19. The average Bonchev–Trinajstić information content (AvgIpc) is 2.15. The molecule has 0 saturated carbocycles. The molecule has 0 aromatic heterocycles. The molecule has 0 saturated heterocycles. The minimum atomic E-state index is -0.821. The third kappa shape index (κ3) is 3.25. The lowest BCUT2D eigenvalue weighted by molar-refractivity contribution is -0.0765. The van der Waals surface area contributed by atoms with Gasteiger partial charge in [-0.05, 0) is 31.5 Å². The van der Waals surface area contributed by atoms with E-state index in [0.717, 1.165) is 6.07 Å². The van der Waals surface area contributed by atoms with Gasteiger partial charge < -0.3 is 9.84 Å². The fourth-order valence-corrected chi connectivity index (χ4v) is 1.33. The summed E-state index contributed by atoms with van der Waals surface area (Å²) < 4.78 is 30.9. The molecule has 0 aliphatic heterocycles. The lowest BCUT2D eigenvalue weighted by Gasteiger charge is -2.29. The average molecular weight is 230 g/mol. The van der Waals surface area contributed by atoms with Crippen molar-refractivity contribution in [1.82, 2.24) is 0 Å². The van der Waals surface area contributed by atoms with Crippen molar-refractivity contribution in [2.24, 2.45) is 0 Å². The highest BCUT2D eigenvalue weighted by atomic mass is 19.1. The molecular formula is C12H16F2O2. The Labute approximate surface area is 93.9 Å². The van der Waals surface area contributed by atoms with Gasteiger partial charge in [0.2, 0.25) is 0 Å². The van der Waals surface area contributed by atoms with Crippen LogP contribution in [-0.2, 0) is 11.2 Å². The molecule has 1 atom stereocenters. The van der Waals surface area contributed by atoms with E-state index in [-0.39, 0.29) is 6.42 Å². The van der Waals surface area contributed by atoms with Crippen LogP contribution in [-0.4, -0.2) is 23.9 Å². The van der Waals surface area contributed by atoms with Crippen LogP contribution < -0.4 is 0 Å². The van der Waals surface area contributed by atoms with Crippen molar-refractivity contribution in [3.63, 3.8) is 0 Å². The van der Waals surface area contributed by atoms with Crippen molar-refractivity contribution in [3.05, 3.63) is 35.4 Å². The van der Waals surface area contributed by atoms with Crippen LogP contribution in [0.25, 0.3) is 0 Å². The van der Waals surface area contributed by atoms with Gasteiger partial charge in [-0.25, -0.2) is 8.78 Å². The van der Waals surface area contributed by atoms with Crippen LogP contribution in [0.2, 0.25) is 0 Å². The monoisotopic (exact) mass is 230 g/mol. The van der Waals surface area contributed by atoms with E-state index in [1.165, 1.54) is 19.2 Å². The number of hydrogen-bond acceptors (Lipinski definition) is 2. The van der Waals surface area contributed by atoms with Crippen LogP contribution >= 0.6 is 0 Å². The molecule has 90 valence electrons. The van der Waals surface area contributed by atoms with Gasteiger partial charge >= 0.3 is 0 Å². The Morgan fingerprint density at radius 2 is 1.75 bits per heavy atom. The van der Waals surface area contributed by atoms with Crippen molar-refractivity contribution in [1.29, 1.82) is 0 Å². The number of rotatable bonds is 4. The molecule has 1 N–H and O–H groups in total. The molecule has 0 heterocycles. The highest BCUT2D eigenvalue weighted by Gasteiger charge is 2.27. The zero-order valence-electron chi connectivity index (χ0n) is 9.63.